The van der Waals surface area contributed by atoms with Crippen LogP contribution in [0.4, 0.5) is 17.1 Å². The van der Waals surface area contributed by atoms with Crippen molar-refractivity contribution in [2.75, 3.05) is 42.3 Å². The number of methoxy groups -OCH3 is 1. The Morgan fingerprint density at radius 2 is 1.79 bits per heavy atom. The molecule has 1 aliphatic rings. The number of nitrogens with zero attached hydrogens (tertiary/aromatic N) is 1. The van der Waals surface area contributed by atoms with Crippen molar-refractivity contribution in [3.05, 3.63) is 54.1 Å². The molecule has 1 aliphatic heterocycles. The fourth-order valence-corrected chi connectivity index (χ4v) is 3.44. The summed E-state index contributed by atoms with van der Waals surface area (Å²) < 4.78 is 4.70. The van der Waals surface area contributed by atoms with Gasteiger partial charge in [-0.15, -0.1) is 0 Å². The van der Waals surface area contributed by atoms with Crippen LogP contribution in [-0.4, -0.2) is 38.6 Å². The summed E-state index contributed by atoms with van der Waals surface area (Å²) in [4.78, 5) is 26.2. The van der Waals surface area contributed by atoms with E-state index in [1.807, 2.05) is 0 Å². The molecule has 2 aromatic carbocycles. The molecule has 0 atom stereocenters. The molecule has 29 heavy (non-hydrogen) atoms. The third-order valence-electron chi connectivity index (χ3n) is 5.26. The van der Waals surface area contributed by atoms with E-state index in [1.165, 1.54) is 25.6 Å². The molecule has 0 bridgehead atoms. The maximum Gasteiger partial charge on any atom is 0.337 e. The molecule has 2 N–H and O–H groups in total. The van der Waals surface area contributed by atoms with E-state index in [0.717, 1.165) is 24.7 Å². The topological polar surface area (TPSA) is 70.7 Å². The van der Waals surface area contributed by atoms with E-state index in [4.69, 9.17) is 4.74 Å². The molecule has 0 unspecified atom stereocenters. The van der Waals surface area contributed by atoms with Gasteiger partial charge < -0.3 is 20.3 Å². The fraction of sp³-hybridized carbons (Fsp3) is 0.391. The van der Waals surface area contributed by atoms with E-state index in [9.17, 15) is 9.59 Å². The van der Waals surface area contributed by atoms with Gasteiger partial charge in [0.1, 0.15) is 0 Å². The van der Waals surface area contributed by atoms with Gasteiger partial charge in [0.05, 0.1) is 12.7 Å². The molecule has 154 valence electrons. The average molecular weight is 396 g/mol. The first-order valence-corrected chi connectivity index (χ1v) is 10.1. The Bertz CT molecular complexity index is 828. The van der Waals surface area contributed by atoms with E-state index in [2.05, 4.69) is 46.7 Å². The zero-order chi connectivity index (χ0) is 20.6. The number of carbonyl (C=O) groups excluding carboxylic acids is 2. The lowest BCUT2D eigenvalue weighted by atomic mass is 9.99. The fourth-order valence-electron chi connectivity index (χ4n) is 3.44. The monoisotopic (exact) mass is 395 g/mol. The van der Waals surface area contributed by atoms with E-state index >= 15 is 0 Å². The van der Waals surface area contributed by atoms with Crippen molar-refractivity contribution in [3.63, 3.8) is 0 Å². The molecule has 0 aliphatic carbocycles. The van der Waals surface area contributed by atoms with Crippen molar-refractivity contribution in [1.29, 1.82) is 0 Å². The van der Waals surface area contributed by atoms with Gasteiger partial charge in [-0.3, -0.25) is 4.79 Å². The molecule has 2 aromatic rings. The minimum absolute atomic E-state index is 0.112. The van der Waals surface area contributed by atoms with Gasteiger partial charge in [0.25, 0.3) is 0 Å². The Hall–Kier alpha value is -3.02. The summed E-state index contributed by atoms with van der Waals surface area (Å²) in [5.41, 5.74) is 3.25. The van der Waals surface area contributed by atoms with E-state index in [-0.39, 0.29) is 5.91 Å². The summed E-state index contributed by atoms with van der Waals surface area (Å²) >= 11 is 0. The van der Waals surface area contributed by atoms with Crippen LogP contribution in [0, 0.1) is 5.92 Å². The first-order chi connectivity index (χ1) is 14.0. The van der Waals surface area contributed by atoms with Gasteiger partial charge in [0.15, 0.2) is 0 Å². The largest absolute Gasteiger partial charge is 0.465 e. The maximum absolute atomic E-state index is 12.2. The first kappa shape index (κ1) is 20.7. The normalized spacial score (nSPS) is 14.3. The summed E-state index contributed by atoms with van der Waals surface area (Å²) in [6.07, 6.45) is 2.82. The number of hydrogen-bond donors (Lipinski definition) is 2. The molecule has 6 nitrogen and oxygen atoms in total. The molecule has 1 fully saturated rings. The van der Waals surface area contributed by atoms with Crippen LogP contribution >= 0.6 is 0 Å². The van der Waals surface area contributed by atoms with Gasteiger partial charge in [0, 0.05) is 43.1 Å². The lowest BCUT2D eigenvalue weighted by molar-refractivity contribution is -0.115. The summed E-state index contributed by atoms with van der Waals surface area (Å²) in [6.45, 7) is 5.08. The third-order valence-corrected chi connectivity index (χ3v) is 5.26. The second kappa shape index (κ2) is 9.96. The van der Waals surface area contributed by atoms with E-state index in [1.54, 1.807) is 24.3 Å². The molecule has 0 spiro atoms. The summed E-state index contributed by atoms with van der Waals surface area (Å²) in [5, 5.41) is 6.09. The number of anilines is 3. The number of carbonyl (C=O) groups is 2. The van der Waals surface area contributed by atoms with Gasteiger partial charge >= 0.3 is 5.97 Å². The van der Waals surface area contributed by atoms with Crippen LogP contribution in [0.5, 0.6) is 0 Å². The van der Waals surface area contributed by atoms with Crippen molar-refractivity contribution >= 4 is 28.9 Å². The number of piperidine rings is 1. The summed E-state index contributed by atoms with van der Waals surface area (Å²) in [6, 6.07) is 15.1. The smallest absolute Gasteiger partial charge is 0.337 e. The number of rotatable bonds is 7. The molecule has 0 radical (unpaired) electrons. The van der Waals surface area contributed by atoms with Gasteiger partial charge in [-0.25, -0.2) is 4.79 Å². The molecule has 3 rings (SSSR count). The predicted molar refractivity (Wildman–Crippen MR) is 117 cm³/mol. The molecule has 0 aromatic heterocycles. The molecule has 1 saturated heterocycles. The third kappa shape index (κ3) is 5.98. The van der Waals surface area contributed by atoms with Crippen LogP contribution in [0.1, 0.15) is 36.5 Å². The lowest BCUT2D eigenvalue weighted by Crippen LogP contribution is -2.32. The molecular weight excluding hydrogens is 366 g/mol. The Morgan fingerprint density at radius 3 is 2.48 bits per heavy atom. The zero-order valence-electron chi connectivity index (χ0n) is 17.1. The van der Waals surface area contributed by atoms with Crippen molar-refractivity contribution in [2.24, 2.45) is 5.92 Å². The second-order valence-corrected chi connectivity index (χ2v) is 7.51. The highest BCUT2D eigenvalue weighted by molar-refractivity contribution is 5.94. The highest BCUT2D eigenvalue weighted by Crippen LogP contribution is 2.24. The Kier molecular flexibility index (Phi) is 7.11. The van der Waals surface area contributed by atoms with Crippen LogP contribution in [-0.2, 0) is 9.53 Å². The van der Waals surface area contributed by atoms with Gasteiger partial charge in [-0.05, 0) is 61.2 Å². The Balaban J connectivity index is 1.44. The maximum atomic E-state index is 12.2. The van der Waals surface area contributed by atoms with Gasteiger partial charge in [-0.1, -0.05) is 13.0 Å². The highest BCUT2D eigenvalue weighted by Gasteiger charge is 2.15. The second-order valence-electron chi connectivity index (χ2n) is 7.51. The number of esters is 1. The van der Waals surface area contributed by atoms with Crippen LogP contribution in [0.25, 0.3) is 0 Å². The van der Waals surface area contributed by atoms with Crippen LogP contribution in [0.15, 0.2) is 48.5 Å². The van der Waals surface area contributed by atoms with Crippen molar-refractivity contribution in [3.8, 4) is 0 Å². The molecule has 6 heteroatoms. The zero-order valence-corrected chi connectivity index (χ0v) is 17.1. The lowest BCUT2D eigenvalue weighted by Gasteiger charge is -2.32. The Morgan fingerprint density at radius 1 is 1.07 bits per heavy atom. The standard InChI is InChI=1S/C23H29N3O3/c1-17-11-14-26(15-12-17)21-8-6-19(7-9-21)24-13-10-22(27)25-20-5-3-4-18(16-20)23(28)29-2/h3-9,16-17,24H,10-15H2,1-2H3,(H,25,27). The minimum Gasteiger partial charge on any atom is -0.465 e. The SMILES string of the molecule is COC(=O)c1cccc(NC(=O)CCNc2ccc(N3CCC(C)CC3)cc2)c1. The highest BCUT2D eigenvalue weighted by atomic mass is 16.5. The van der Waals surface area contributed by atoms with Crippen LogP contribution in [0.3, 0.4) is 0 Å². The summed E-state index contributed by atoms with van der Waals surface area (Å²) in [7, 11) is 1.33. The first-order valence-electron chi connectivity index (χ1n) is 10.1. The minimum atomic E-state index is -0.426. The van der Waals surface area contributed by atoms with Gasteiger partial charge in [0.2, 0.25) is 5.91 Å². The average Bonchev–Trinajstić information content (AvgIpc) is 2.74. The molecule has 1 heterocycles. The number of ether oxygens (including phenoxy) is 1. The molecular formula is C23H29N3O3. The van der Waals surface area contributed by atoms with E-state index in [0.29, 0.717) is 24.2 Å². The molecule has 0 saturated carbocycles. The number of benzene rings is 2. The van der Waals surface area contributed by atoms with Gasteiger partial charge in [-0.2, -0.15) is 0 Å². The van der Waals surface area contributed by atoms with Crippen LogP contribution < -0.4 is 15.5 Å². The molecule has 1 amide bonds. The van der Waals surface area contributed by atoms with Crippen LogP contribution in [0.2, 0.25) is 0 Å². The number of hydrogen-bond acceptors (Lipinski definition) is 5. The quantitative estimate of drug-likeness (QED) is 0.689. The Labute approximate surface area is 172 Å². The number of amides is 1. The van der Waals surface area contributed by atoms with Crippen molar-refractivity contribution in [2.45, 2.75) is 26.2 Å². The van der Waals surface area contributed by atoms with Crippen molar-refractivity contribution < 1.29 is 14.3 Å². The summed E-state index contributed by atoms with van der Waals surface area (Å²) in [5.74, 6) is 0.283. The predicted octanol–water partition coefficient (Wildman–Crippen LogP) is 4.15. The number of nitrogens with one attached hydrogen (secondary N) is 2. The van der Waals surface area contributed by atoms with E-state index < -0.39 is 5.97 Å². The van der Waals surface area contributed by atoms with Crippen molar-refractivity contribution in [1.82, 2.24) is 0 Å².